The van der Waals surface area contributed by atoms with Crippen molar-refractivity contribution in [3.63, 3.8) is 0 Å². The Morgan fingerprint density at radius 2 is 1.82 bits per heavy atom. The highest BCUT2D eigenvalue weighted by Crippen LogP contribution is 2.48. The number of rotatable bonds is 9. The Morgan fingerprint density at radius 3 is 2.48 bits per heavy atom. The van der Waals surface area contributed by atoms with Crippen molar-refractivity contribution in [2.24, 2.45) is 5.92 Å². The van der Waals surface area contributed by atoms with Gasteiger partial charge in [0.15, 0.2) is 0 Å². The van der Waals surface area contributed by atoms with Crippen molar-refractivity contribution in [2.75, 3.05) is 6.54 Å². The number of para-hydroxylation sites is 1. The zero-order valence-corrected chi connectivity index (χ0v) is 37.5. The third kappa shape index (κ3) is 8.93. The van der Waals surface area contributed by atoms with Crippen molar-refractivity contribution < 1.29 is 37.1 Å². The molecule has 0 spiro atoms. The van der Waals surface area contributed by atoms with E-state index in [1.54, 1.807) is 39.0 Å². The summed E-state index contributed by atoms with van der Waals surface area (Å²) in [6.45, 7) is 15.0. The van der Waals surface area contributed by atoms with E-state index in [1.165, 1.54) is 4.90 Å². The van der Waals surface area contributed by atoms with Crippen LogP contribution in [0.3, 0.4) is 0 Å². The monoisotopic (exact) mass is 865 g/mol. The normalized spacial score (nSPS) is 26.4. The van der Waals surface area contributed by atoms with Crippen LogP contribution in [-0.2, 0) is 29.1 Å². The van der Waals surface area contributed by atoms with Crippen LogP contribution < -0.4 is 20.1 Å². The van der Waals surface area contributed by atoms with Gasteiger partial charge in [0, 0.05) is 29.3 Å². The van der Waals surface area contributed by atoms with Gasteiger partial charge in [-0.15, -0.1) is 11.3 Å². The maximum atomic E-state index is 14.7. The van der Waals surface area contributed by atoms with Gasteiger partial charge >= 0.3 is 6.09 Å². The first-order valence-corrected chi connectivity index (χ1v) is 23.6. The molecule has 0 unspecified atom stereocenters. The third-order valence-corrected chi connectivity index (χ3v) is 15.0. The van der Waals surface area contributed by atoms with Crippen molar-refractivity contribution in [1.82, 2.24) is 34.8 Å². The van der Waals surface area contributed by atoms with Gasteiger partial charge in [-0.2, -0.15) is 4.98 Å². The number of carbonyl (C=O) groups excluding carboxylic acids is 4. The number of alkyl carbamates (subject to hydrolysis) is 1. The van der Waals surface area contributed by atoms with Gasteiger partial charge in [-0.25, -0.2) is 18.2 Å². The number of aromatic nitrogens is 3. The Labute approximate surface area is 356 Å². The number of amides is 4. The number of imidazole rings is 1. The summed E-state index contributed by atoms with van der Waals surface area (Å²) in [5.74, 6) is -2.08. The number of ether oxygens (including phenoxy) is 2. The number of sulfonamides is 1. The molecule has 5 atom stereocenters. The van der Waals surface area contributed by atoms with Crippen molar-refractivity contribution in [3.8, 4) is 16.6 Å². The van der Waals surface area contributed by atoms with Crippen LogP contribution in [0.4, 0.5) is 4.79 Å². The number of nitrogens with one attached hydrogen (secondary N) is 3. The molecular weight excluding hydrogens is 807 g/mol. The number of nitrogens with zero attached hydrogens (tertiary/aromatic N) is 4. The molecular formula is C43H59N7O8S2. The lowest BCUT2D eigenvalue weighted by molar-refractivity contribution is -0.141. The van der Waals surface area contributed by atoms with Crippen LogP contribution in [0.2, 0.25) is 0 Å². The Kier molecular flexibility index (Phi) is 11.9. The number of hydrogen-bond donors (Lipinski definition) is 3. The summed E-state index contributed by atoms with van der Waals surface area (Å²) in [5.41, 5.74) is 1.08. The van der Waals surface area contributed by atoms with Gasteiger partial charge in [-0.05, 0) is 98.1 Å². The summed E-state index contributed by atoms with van der Waals surface area (Å²) in [4.78, 5) is 67.8. The topological polar surface area (TPSA) is 191 Å². The number of fused-ring (bicyclic) bond motifs is 3. The van der Waals surface area contributed by atoms with E-state index in [-0.39, 0.29) is 31.3 Å². The third-order valence-electron chi connectivity index (χ3n) is 12.0. The summed E-state index contributed by atoms with van der Waals surface area (Å²) in [6, 6.07) is 4.04. The lowest BCUT2D eigenvalue weighted by atomic mass is 10.0. The number of allylic oxidation sites excluding steroid dienone is 1. The zero-order chi connectivity index (χ0) is 43.4. The molecule has 4 amide bonds. The van der Waals surface area contributed by atoms with Gasteiger partial charge < -0.3 is 25.0 Å². The fourth-order valence-electron chi connectivity index (χ4n) is 8.07. The van der Waals surface area contributed by atoms with Gasteiger partial charge in [-0.1, -0.05) is 44.9 Å². The maximum Gasteiger partial charge on any atom is 0.408 e. The molecule has 2 aliphatic carbocycles. The molecule has 17 heteroatoms. The minimum absolute atomic E-state index is 0.0168. The summed E-state index contributed by atoms with van der Waals surface area (Å²) >= 11 is 1.55. The molecule has 2 aliphatic heterocycles. The molecule has 1 aromatic carbocycles. The predicted octanol–water partition coefficient (Wildman–Crippen LogP) is 6.50. The molecule has 0 bridgehead atoms. The Balaban J connectivity index is 1.22. The smallest absolute Gasteiger partial charge is 0.408 e. The largest absolute Gasteiger partial charge is 0.459 e. The summed E-state index contributed by atoms with van der Waals surface area (Å²) in [6.07, 6.45) is 6.66. The first-order valence-electron chi connectivity index (χ1n) is 21.2. The molecule has 0 radical (unpaired) electrons. The average Bonchev–Trinajstić information content (AvgIpc) is 3.82. The van der Waals surface area contributed by atoms with E-state index >= 15 is 0 Å². The molecule has 3 fully saturated rings. The van der Waals surface area contributed by atoms with Crippen LogP contribution in [0.5, 0.6) is 6.01 Å². The van der Waals surface area contributed by atoms with E-state index in [0.717, 1.165) is 34.6 Å². The van der Waals surface area contributed by atoms with Gasteiger partial charge in [-0.3, -0.25) is 23.7 Å². The lowest BCUT2D eigenvalue weighted by Gasteiger charge is -2.30. The fraction of sp³-hybridized carbons (Fsp3) is 0.628. The molecule has 15 nitrogen and oxygen atoms in total. The highest BCUT2D eigenvalue weighted by Gasteiger charge is 2.63. The van der Waals surface area contributed by atoms with E-state index in [4.69, 9.17) is 19.4 Å². The molecule has 60 heavy (non-hydrogen) atoms. The minimum atomic E-state index is -4.00. The van der Waals surface area contributed by atoms with Crippen LogP contribution in [-0.4, -0.2) is 92.3 Å². The molecule has 4 heterocycles. The second-order valence-corrected chi connectivity index (χ2v) is 21.7. The predicted molar refractivity (Wildman–Crippen MR) is 229 cm³/mol. The fourth-order valence-corrected chi connectivity index (χ4v) is 10.4. The molecule has 4 aliphatic rings. The first-order chi connectivity index (χ1) is 28.2. The van der Waals surface area contributed by atoms with Crippen LogP contribution in [0.25, 0.3) is 21.6 Å². The summed E-state index contributed by atoms with van der Waals surface area (Å²) in [7, 11) is -4.00. The van der Waals surface area contributed by atoms with Crippen LogP contribution in [0, 0.1) is 5.92 Å². The summed E-state index contributed by atoms with van der Waals surface area (Å²) in [5, 5.41) is 8.60. The van der Waals surface area contributed by atoms with Crippen LogP contribution >= 0.6 is 11.3 Å². The molecule has 3 aromatic rings. The minimum Gasteiger partial charge on any atom is -0.459 e. The summed E-state index contributed by atoms with van der Waals surface area (Å²) < 4.78 is 42.0. The van der Waals surface area contributed by atoms with E-state index in [0.29, 0.717) is 43.6 Å². The number of hydrogen-bond acceptors (Lipinski definition) is 11. The maximum absolute atomic E-state index is 14.7. The molecule has 2 aromatic heterocycles. The Hall–Kier alpha value is -4.51. The Morgan fingerprint density at radius 1 is 1.07 bits per heavy atom. The van der Waals surface area contributed by atoms with Gasteiger partial charge in [0.25, 0.3) is 11.9 Å². The highest BCUT2D eigenvalue weighted by molar-refractivity contribution is 7.91. The molecule has 2 saturated carbocycles. The van der Waals surface area contributed by atoms with Crippen molar-refractivity contribution in [3.05, 3.63) is 41.4 Å². The van der Waals surface area contributed by atoms with E-state index in [9.17, 15) is 27.6 Å². The van der Waals surface area contributed by atoms with Crippen molar-refractivity contribution in [2.45, 2.75) is 159 Å². The lowest BCUT2D eigenvalue weighted by Crippen LogP contribution is -2.58. The van der Waals surface area contributed by atoms with Gasteiger partial charge in [0.05, 0.1) is 22.5 Å². The van der Waals surface area contributed by atoms with Gasteiger partial charge in [0.1, 0.15) is 39.9 Å². The molecule has 326 valence electrons. The van der Waals surface area contributed by atoms with E-state index in [1.807, 2.05) is 48.8 Å². The standard InChI is InChI=1S/C43H59N7O8S2/c1-25(2)31-24-59-36(44-31)29-16-14-18-32-34(29)46-39(50(32)26(3)4)57-28-21-33-35(51)47-43(38(53)48-60(55,56)42(8)19-20-42)22-27(43)15-12-10-9-11-13-17-30(37(52)49(33)23-28)45-40(54)58-41(5,6)7/h12,14-16,18,24-28,30,33H,9-11,13,17,19-23H2,1-8H3,(H,45,54)(H,47,51)(H,48,53)/b15-12-/t27-,28-,30+,33+,43-/m1/s1. The molecule has 7 rings (SSSR count). The van der Waals surface area contributed by atoms with Crippen molar-refractivity contribution >= 4 is 56.2 Å². The van der Waals surface area contributed by atoms with E-state index < -0.39 is 73.8 Å². The quantitative estimate of drug-likeness (QED) is 0.200. The molecule has 1 saturated heterocycles. The van der Waals surface area contributed by atoms with Crippen molar-refractivity contribution in [1.29, 1.82) is 0 Å². The zero-order valence-electron chi connectivity index (χ0n) is 35.9. The van der Waals surface area contributed by atoms with Crippen LogP contribution in [0.1, 0.15) is 131 Å². The second-order valence-electron chi connectivity index (χ2n) is 18.7. The average molecular weight is 866 g/mol. The van der Waals surface area contributed by atoms with Gasteiger partial charge in [0.2, 0.25) is 21.8 Å². The number of benzene rings is 1. The molecule has 3 N–H and O–H groups in total. The second kappa shape index (κ2) is 16.4. The highest BCUT2D eigenvalue weighted by atomic mass is 32.2. The SMILES string of the molecule is CC(C)c1csc(-c2cccc3c2nc(O[C@@H]2C[C@H]4C(=O)N[C@]5(C(=O)NS(=O)(=O)C6(C)CC6)C[C@H]5/C=C\CCCCC[C@H](NC(=O)OC(C)(C)C)C(=O)N4C2)n3C(C)C)n1. The van der Waals surface area contributed by atoms with Crippen LogP contribution in [0.15, 0.2) is 35.7 Å². The first kappa shape index (κ1) is 43.6. The van der Waals surface area contributed by atoms with E-state index in [2.05, 4.69) is 34.6 Å². The number of thiazole rings is 1. The number of carbonyl (C=O) groups is 4. The Bertz CT molecular complexity index is 2290.